The molecule has 0 amide bonds. The molecule has 1 aromatic heterocycles. The summed E-state index contributed by atoms with van der Waals surface area (Å²) in [6.45, 7) is 4.00. The van der Waals surface area contributed by atoms with Gasteiger partial charge in [0.2, 0.25) is 0 Å². The second kappa shape index (κ2) is 5.95. The van der Waals surface area contributed by atoms with E-state index in [1.165, 1.54) is 19.1 Å². The van der Waals surface area contributed by atoms with E-state index in [1.807, 2.05) is 11.8 Å². The zero-order valence-corrected chi connectivity index (χ0v) is 13.0. The Labute approximate surface area is 133 Å². The molecule has 1 aromatic carbocycles. The van der Waals surface area contributed by atoms with Gasteiger partial charge >= 0.3 is 0 Å². The van der Waals surface area contributed by atoms with Gasteiger partial charge in [0.05, 0.1) is 18.9 Å². The number of benzene rings is 1. The summed E-state index contributed by atoms with van der Waals surface area (Å²) >= 11 is 0. The maximum Gasteiger partial charge on any atom is 0.151 e. The van der Waals surface area contributed by atoms with Crippen molar-refractivity contribution < 1.29 is 13.6 Å². The van der Waals surface area contributed by atoms with Crippen LogP contribution in [-0.4, -0.2) is 24.0 Å². The standard InChI is InChI=1S/C17H17F2N3O/c1-3-12(23)8-22-9-21-17-15(22)6-11(7-20-17)13-4-5-14(18)10(2)16(13)19/h4-7H,3,8-9H2,1-2H3,(H,20,21). The molecule has 120 valence electrons. The molecule has 0 fully saturated rings. The van der Waals surface area contributed by atoms with E-state index in [-0.39, 0.29) is 17.9 Å². The summed E-state index contributed by atoms with van der Waals surface area (Å²) in [6, 6.07) is 4.43. The van der Waals surface area contributed by atoms with Crippen molar-refractivity contribution in [2.75, 3.05) is 23.4 Å². The highest BCUT2D eigenvalue weighted by atomic mass is 19.1. The first-order chi connectivity index (χ1) is 11.0. The topological polar surface area (TPSA) is 45.2 Å². The van der Waals surface area contributed by atoms with Crippen LogP contribution < -0.4 is 10.2 Å². The van der Waals surface area contributed by atoms with Crippen LogP contribution in [0, 0.1) is 18.6 Å². The van der Waals surface area contributed by atoms with E-state index in [0.717, 1.165) is 5.69 Å². The third kappa shape index (κ3) is 2.76. The van der Waals surface area contributed by atoms with E-state index >= 15 is 0 Å². The van der Waals surface area contributed by atoms with Crippen LogP contribution in [0.25, 0.3) is 11.1 Å². The number of halogens is 2. The largest absolute Gasteiger partial charge is 0.351 e. The number of fused-ring (bicyclic) bond motifs is 1. The summed E-state index contributed by atoms with van der Waals surface area (Å²) in [4.78, 5) is 17.8. The molecule has 0 atom stereocenters. The fourth-order valence-electron chi connectivity index (χ4n) is 2.58. The average Bonchev–Trinajstić information content (AvgIpc) is 2.95. The number of carbonyl (C=O) groups excluding carboxylic acids is 1. The summed E-state index contributed by atoms with van der Waals surface area (Å²) in [7, 11) is 0. The molecule has 3 rings (SSSR count). The number of Topliss-reactive ketones (excluding diaryl/α,β-unsaturated/α-hetero) is 1. The van der Waals surface area contributed by atoms with E-state index in [2.05, 4.69) is 10.3 Å². The normalized spacial score (nSPS) is 13.0. The van der Waals surface area contributed by atoms with E-state index < -0.39 is 11.6 Å². The molecule has 0 radical (unpaired) electrons. The zero-order valence-electron chi connectivity index (χ0n) is 13.0. The summed E-state index contributed by atoms with van der Waals surface area (Å²) < 4.78 is 27.7. The molecular formula is C17H17F2N3O. The first-order valence-electron chi connectivity index (χ1n) is 7.46. The van der Waals surface area contributed by atoms with Crippen LogP contribution in [0.4, 0.5) is 20.3 Å². The number of pyridine rings is 1. The maximum absolute atomic E-state index is 14.3. The lowest BCUT2D eigenvalue weighted by atomic mass is 10.0. The molecule has 4 nitrogen and oxygen atoms in total. The maximum atomic E-state index is 14.3. The van der Waals surface area contributed by atoms with E-state index in [0.29, 0.717) is 30.0 Å². The molecule has 0 unspecified atom stereocenters. The molecule has 0 spiro atoms. The number of carbonyl (C=O) groups is 1. The van der Waals surface area contributed by atoms with Crippen LogP contribution >= 0.6 is 0 Å². The Bertz CT molecular complexity index is 777. The van der Waals surface area contributed by atoms with Crippen molar-refractivity contribution in [3.63, 3.8) is 0 Å². The van der Waals surface area contributed by atoms with E-state index in [4.69, 9.17) is 0 Å². The Balaban J connectivity index is 2.00. The zero-order chi connectivity index (χ0) is 16.6. The average molecular weight is 317 g/mol. The predicted octanol–water partition coefficient (Wildman–Crippen LogP) is 3.50. The third-order valence-corrected chi connectivity index (χ3v) is 4.04. The quantitative estimate of drug-likeness (QED) is 0.937. The number of nitrogens with zero attached hydrogens (tertiary/aromatic N) is 2. The van der Waals surface area contributed by atoms with Gasteiger partial charge in [0.15, 0.2) is 11.6 Å². The highest BCUT2D eigenvalue weighted by Crippen LogP contribution is 2.34. The number of ketones is 1. The molecule has 1 N–H and O–H groups in total. The predicted molar refractivity (Wildman–Crippen MR) is 85.5 cm³/mol. The van der Waals surface area contributed by atoms with Crippen LogP contribution in [0.2, 0.25) is 0 Å². The number of hydrogen-bond acceptors (Lipinski definition) is 4. The summed E-state index contributed by atoms with van der Waals surface area (Å²) in [5.41, 5.74) is 1.60. The minimum atomic E-state index is -0.589. The Hall–Kier alpha value is -2.50. The SMILES string of the molecule is CCC(=O)CN1CNc2ncc(-c3ccc(F)c(C)c3F)cc21. The second-order valence-electron chi connectivity index (χ2n) is 5.55. The fourth-order valence-corrected chi connectivity index (χ4v) is 2.58. The number of aromatic nitrogens is 1. The van der Waals surface area contributed by atoms with Crippen LogP contribution in [0.15, 0.2) is 24.4 Å². The highest BCUT2D eigenvalue weighted by Gasteiger charge is 2.23. The molecule has 0 saturated heterocycles. The van der Waals surface area contributed by atoms with Crippen molar-refractivity contribution in [2.24, 2.45) is 0 Å². The van der Waals surface area contributed by atoms with Gasteiger partial charge < -0.3 is 10.2 Å². The minimum Gasteiger partial charge on any atom is -0.351 e. The third-order valence-electron chi connectivity index (χ3n) is 4.04. The van der Waals surface area contributed by atoms with Gasteiger partial charge in [0.25, 0.3) is 0 Å². The molecule has 23 heavy (non-hydrogen) atoms. The Morgan fingerprint density at radius 2 is 2.17 bits per heavy atom. The van der Waals surface area contributed by atoms with Gasteiger partial charge in [-0.3, -0.25) is 4.79 Å². The number of nitrogens with one attached hydrogen (secondary N) is 1. The summed E-state index contributed by atoms with van der Waals surface area (Å²) in [6.07, 6.45) is 2.01. The van der Waals surface area contributed by atoms with Crippen molar-refractivity contribution in [2.45, 2.75) is 20.3 Å². The lowest BCUT2D eigenvalue weighted by molar-refractivity contribution is -0.117. The van der Waals surface area contributed by atoms with E-state index in [1.54, 1.807) is 12.3 Å². The molecular weight excluding hydrogens is 300 g/mol. The van der Waals surface area contributed by atoms with Crippen LogP contribution in [0.1, 0.15) is 18.9 Å². The highest BCUT2D eigenvalue weighted by molar-refractivity contribution is 5.87. The van der Waals surface area contributed by atoms with Crippen LogP contribution in [0.5, 0.6) is 0 Å². The first-order valence-corrected chi connectivity index (χ1v) is 7.46. The number of hydrogen-bond donors (Lipinski definition) is 1. The first kappa shape index (κ1) is 15.4. The van der Waals surface area contributed by atoms with Crippen LogP contribution in [-0.2, 0) is 4.79 Å². The van der Waals surface area contributed by atoms with Crippen molar-refractivity contribution in [3.8, 4) is 11.1 Å². The Morgan fingerprint density at radius 1 is 1.39 bits per heavy atom. The Morgan fingerprint density at radius 3 is 2.91 bits per heavy atom. The van der Waals surface area contributed by atoms with Gasteiger partial charge in [0.1, 0.15) is 11.6 Å². The van der Waals surface area contributed by atoms with Crippen molar-refractivity contribution in [1.29, 1.82) is 0 Å². The smallest absolute Gasteiger partial charge is 0.151 e. The second-order valence-corrected chi connectivity index (χ2v) is 5.55. The molecule has 1 aliphatic heterocycles. The van der Waals surface area contributed by atoms with Gasteiger partial charge in [-0.05, 0) is 25.1 Å². The van der Waals surface area contributed by atoms with Crippen molar-refractivity contribution >= 4 is 17.3 Å². The van der Waals surface area contributed by atoms with Crippen molar-refractivity contribution in [3.05, 3.63) is 41.6 Å². The number of rotatable bonds is 4. The van der Waals surface area contributed by atoms with Crippen LogP contribution in [0.3, 0.4) is 0 Å². The summed E-state index contributed by atoms with van der Waals surface area (Å²) in [5.74, 6) is -0.378. The van der Waals surface area contributed by atoms with Gasteiger partial charge in [-0.1, -0.05) is 6.92 Å². The van der Waals surface area contributed by atoms with Gasteiger partial charge in [-0.25, -0.2) is 13.8 Å². The molecule has 0 bridgehead atoms. The molecule has 2 aromatic rings. The molecule has 0 saturated carbocycles. The summed E-state index contributed by atoms with van der Waals surface area (Å²) in [5, 5.41) is 3.10. The van der Waals surface area contributed by atoms with Gasteiger partial charge in [-0.2, -0.15) is 0 Å². The van der Waals surface area contributed by atoms with Gasteiger partial charge in [-0.15, -0.1) is 0 Å². The van der Waals surface area contributed by atoms with Gasteiger partial charge in [0, 0.05) is 29.3 Å². The molecule has 6 heteroatoms. The lowest BCUT2D eigenvalue weighted by Crippen LogP contribution is -2.29. The Kier molecular flexibility index (Phi) is 3.98. The molecule has 0 aliphatic carbocycles. The molecule has 2 heterocycles. The lowest BCUT2D eigenvalue weighted by Gasteiger charge is -2.17. The minimum absolute atomic E-state index is 0.0147. The number of anilines is 2. The molecule has 1 aliphatic rings. The van der Waals surface area contributed by atoms with Crippen molar-refractivity contribution in [1.82, 2.24) is 4.98 Å². The van der Waals surface area contributed by atoms with E-state index in [9.17, 15) is 13.6 Å². The monoisotopic (exact) mass is 317 g/mol. The fraction of sp³-hybridized carbons (Fsp3) is 0.294.